The van der Waals surface area contributed by atoms with Gasteiger partial charge >= 0.3 is 5.97 Å². The van der Waals surface area contributed by atoms with Crippen molar-refractivity contribution in [3.63, 3.8) is 0 Å². The van der Waals surface area contributed by atoms with Crippen molar-refractivity contribution in [1.82, 2.24) is 9.88 Å². The van der Waals surface area contributed by atoms with Gasteiger partial charge in [-0.15, -0.1) is 0 Å². The molecule has 49 heavy (non-hydrogen) atoms. The number of aromatic nitrogens is 1. The van der Waals surface area contributed by atoms with Crippen LogP contribution in [0, 0.1) is 23.3 Å². The zero-order valence-corrected chi connectivity index (χ0v) is 27.7. The van der Waals surface area contributed by atoms with Gasteiger partial charge in [-0.3, -0.25) is 19.2 Å². The highest BCUT2D eigenvalue weighted by Gasteiger charge is 2.33. The topological polar surface area (TPSA) is 113 Å². The number of hydrogen-bond acceptors (Lipinski definition) is 7. The Bertz CT molecular complexity index is 1920. The molecule has 260 valence electrons. The Morgan fingerprint density at radius 3 is 2.31 bits per heavy atom. The Balaban J connectivity index is 1.60. The van der Waals surface area contributed by atoms with Gasteiger partial charge in [-0.1, -0.05) is 42.8 Å². The number of methoxy groups -OCH3 is 1. The molecule has 0 radical (unpaired) electrons. The maximum Gasteiger partial charge on any atom is 0.308 e. The van der Waals surface area contributed by atoms with Gasteiger partial charge < -0.3 is 24.1 Å². The minimum Gasteiger partial charge on any atom is -0.496 e. The number of amides is 1. The van der Waals surface area contributed by atoms with Crippen molar-refractivity contribution in [2.75, 3.05) is 13.7 Å². The Morgan fingerprint density at radius 2 is 1.65 bits per heavy atom. The summed E-state index contributed by atoms with van der Waals surface area (Å²) in [4.78, 5) is 53.6. The first-order chi connectivity index (χ1) is 23.1. The van der Waals surface area contributed by atoms with Gasteiger partial charge in [-0.2, -0.15) is 8.78 Å². The van der Waals surface area contributed by atoms with Gasteiger partial charge in [0.1, 0.15) is 30.0 Å². The zero-order chi connectivity index (χ0) is 36.0. The number of ether oxygens (including phenoxy) is 3. The molecule has 1 amide bonds. The van der Waals surface area contributed by atoms with Crippen LogP contribution in [0.2, 0.25) is 5.02 Å². The minimum atomic E-state index is -1.88. The number of Topliss-reactive ketones (excluding diaryl/α,β-unsaturated/α-hetero) is 1. The van der Waals surface area contributed by atoms with Gasteiger partial charge in [0, 0.05) is 29.1 Å². The third-order valence-corrected chi connectivity index (χ3v) is 7.86. The number of rotatable bonds is 14. The summed E-state index contributed by atoms with van der Waals surface area (Å²) in [5, 5.41) is 3.51. The van der Waals surface area contributed by atoms with Crippen molar-refractivity contribution in [3.05, 3.63) is 105 Å². The number of nitrogens with one attached hydrogen (secondary N) is 1. The molecule has 4 rings (SSSR count). The van der Waals surface area contributed by atoms with Gasteiger partial charge in [0.25, 0.3) is 5.56 Å². The molecule has 1 aromatic heterocycles. The second-order valence-corrected chi connectivity index (χ2v) is 12.2. The lowest BCUT2D eigenvalue weighted by Gasteiger charge is -2.28. The van der Waals surface area contributed by atoms with Crippen molar-refractivity contribution in [1.29, 1.82) is 0 Å². The highest BCUT2D eigenvalue weighted by Crippen LogP contribution is 2.28. The number of halogens is 5. The second-order valence-electron chi connectivity index (χ2n) is 11.7. The number of nitrogens with zero attached hydrogens (tertiary/aromatic N) is 1. The van der Waals surface area contributed by atoms with Gasteiger partial charge in [0.15, 0.2) is 23.2 Å². The first kappa shape index (κ1) is 36.9. The van der Waals surface area contributed by atoms with Crippen LogP contribution in [0.5, 0.6) is 11.5 Å². The Kier molecular flexibility index (Phi) is 11.7. The van der Waals surface area contributed by atoms with Crippen molar-refractivity contribution in [3.8, 4) is 11.5 Å². The number of ketones is 1. The van der Waals surface area contributed by atoms with E-state index in [4.69, 9.17) is 25.8 Å². The number of hydrogen-bond donors (Lipinski definition) is 1. The van der Waals surface area contributed by atoms with E-state index in [1.807, 2.05) is 0 Å². The Labute approximate surface area is 283 Å². The molecule has 0 bridgehead atoms. The molecule has 0 saturated carbocycles. The van der Waals surface area contributed by atoms with Crippen LogP contribution >= 0.6 is 11.6 Å². The Hall–Kier alpha value is -4.91. The number of esters is 1. The predicted molar refractivity (Wildman–Crippen MR) is 173 cm³/mol. The summed E-state index contributed by atoms with van der Waals surface area (Å²) >= 11 is 6.07. The first-order valence-corrected chi connectivity index (χ1v) is 15.5. The van der Waals surface area contributed by atoms with Crippen LogP contribution in [-0.2, 0) is 25.5 Å². The lowest BCUT2D eigenvalue weighted by Crippen LogP contribution is -2.48. The average Bonchev–Trinajstić information content (AvgIpc) is 3.04. The second kappa shape index (κ2) is 15.5. The van der Waals surface area contributed by atoms with Crippen LogP contribution in [0.15, 0.2) is 65.6 Å². The van der Waals surface area contributed by atoms with Crippen LogP contribution in [0.1, 0.15) is 45.2 Å². The molecule has 0 aliphatic carbocycles. The van der Waals surface area contributed by atoms with E-state index < -0.39 is 82.9 Å². The normalized spacial score (nSPS) is 12.7. The maximum absolute atomic E-state index is 14.2. The van der Waals surface area contributed by atoms with E-state index in [1.165, 1.54) is 19.4 Å². The van der Waals surface area contributed by atoms with Gasteiger partial charge in [-0.25, -0.2) is 8.78 Å². The summed E-state index contributed by atoms with van der Waals surface area (Å²) in [6.45, 7) is 3.64. The predicted octanol–water partition coefficient (Wildman–Crippen LogP) is 6.26. The molecule has 14 heteroatoms. The molecule has 1 heterocycles. The molecule has 4 aromatic rings. The number of benzene rings is 3. The van der Waals surface area contributed by atoms with Crippen molar-refractivity contribution < 1.29 is 46.2 Å². The van der Waals surface area contributed by atoms with E-state index in [-0.39, 0.29) is 24.3 Å². The van der Waals surface area contributed by atoms with Crippen molar-refractivity contribution in [2.24, 2.45) is 0 Å². The molecule has 0 fully saturated rings. The largest absolute Gasteiger partial charge is 0.496 e. The van der Waals surface area contributed by atoms with Gasteiger partial charge in [0.2, 0.25) is 17.5 Å². The maximum atomic E-state index is 14.2. The first-order valence-electron chi connectivity index (χ1n) is 15.1. The van der Waals surface area contributed by atoms with Crippen LogP contribution in [0.3, 0.4) is 0 Å². The summed E-state index contributed by atoms with van der Waals surface area (Å²) in [7, 11) is 1.49. The van der Waals surface area contributed by atoms with Crippen LogP contribution in [-0.4, -0.2) is 47.6 Å². The summed E-state index contributed by atoms with van der Waals surface area (Å²) in [6.07, 6.45) is 0.882. The van der Waals surface area contributed by atoms with E-state index >= 15 is 0 Å². The number of fused-ring (bicyclic) bond motifs is 1. The number of carbonyl (C=O) groups is 3. The molecular weight excluding hydrogens is 672 g/mol. The van der Waals surface area contributed by atoms with E-state index in [2.05, 4.69) is 5.32 Å². The summed E-state index contributed by atoms with van der Waals surface area (Å²) in [5.41, 5.74) is -0.974. The van der Waals surface area contributed by atoms with Crippen molar-refractivity contribution >= 4 is 40.0 Å². The molecule has 2 atom stereocenters. The SMILES string of the molecule is CC[C@@H](C(=O)NC(CC(=O)OC(C)(C)Cc1ccccc1OC)C(=O)COc1c(F)c(F)cc(F)c1F)n1ccc2ccc(Cl)cc2c1=O. The van der Waals surface area contributed by atoms with E-state index in [9.17, 15) is 36.7 Å². The quantitative estimate of drug-likeness (QED) is 0.0937. The van der Waals surface area contributed by atoms with Gasteiger partial charge in [0.05, 0.1) is 13.5 Å². The molecule has 9 nitrogen and oxygen atoms in total. The van der Waals surface area contributed by atoms with Crippen LogP contribution < -0.4 is 20.3 Å². The molecule has 0 saturated heterocycles. The lowest BCUT2D eigenvalue weighted by atomic mass is 9.97. The molecular formula is C35H33ClF4N2O7. The highest BCUT2D eigenvalue weighted by atomic mass is 35.5. The van der Waals surface area contributed by atoms with Crippen LogP contribution in [0.4, 0.5) is 17.6 Å². The van der Waals surface area contributed by atoms with E-state index in [0.717, 1.165) is 10.1 Å². The highest BCUT2D eigenvalue weighted by molar-refractivity contribution is 6.31. The third-order valence-electron chi connectivity index (χ3n) is 7.63. The summed E-state index contributed by atoms with van der Waals surface area (Å²) in [6, 6.07) is 10.4. The van der Waals surface area contributed by atoms with Gasteiger partial charge in [-0.05, 0) is 55.5 Å². The summed E-state index contributed by atoms with van der Waals surface area (Å²) in [5.74, 6) is -11.1. The summed E-state index contributed by atoms with van der Waals surface area (Å²) < 4.78 is 72.9. The monoisotopic (exact) mass is 704 g/mol. The minimum absolute atomic E-state index is 0.0290. The molecule has 3 aromatic carbocycles. The molecule has 0 aliphatic rings. The standard InChI is InChI=1S/C35H33ClF4N2O7/c1-5-26(42-13-12-19-10-11-21(36)14-22(19)34(42)46)33(45)41-25(27(43)18-48-32-30(39)23(37)15-24(38)31(32)40)16-29(44)49-35(2,3)17-20-8-6-7-9-28(20)47-4/h6-15,25-26H,5,16-18H2,1-4H3,(H,41,45)/t25?,26-/m0/s1. The smallest absolute Gasteiger partial charge is 0.308 e. The van der Waals surface area contributed by atoms with Crippen molar-refractivity contribution in [2.45, 2.75) is 57.7 Å². The van der Waals surface area contributed by atoms with E-state index in [0.29, 0.717) is 16.2 Å². The molecule has 0 aliphatic heterocycles. The molecule has 1 N–H and O–H groups in total. The Morgan fingerprint density at radius 1 is 0.980 bits per heavy atom. The van der Waals surface area contributed by atoms with E-state index in [1.54, 1.807) is 63.2 Å². The molecule has 1 unspecified atom stereocenters. The van der Waals surface area contributed by atoms with Crippen LogP contribution in [0.25, 0.3) is 10.8 Å². The fourth-order valence-electron chi connectivity index (χ4n) is 5.28. The zero-order valence-electron chi connectivity index (χ0n) is 27.0. The fourth-order valence-corrected chi connectivity index (χ4v) is 5.45. The lowest BCUT2D eigenvalue weighted by molar-refractivity contribution is -0.158. The fraction of sp³-hybridized carbons (Fsp3) is 0.314. The average molecular weight is 705 g/mol. The molecule has 0 spiro atoms. The number of para-hydroxylation sites is 1. The number of pyridine rings is 1. The number of carbonyl (C=O) groups excluding carboxylic acids is 3. The third kappa shape index (κ3) is 8.77.